The number of ether oxygens (including phenoxy) is 1. The molecule has 2 aromatic carbocycles. The van der Waals surface area contributed by atoms with Crippen LogP contribution in [0.1, 0.15) is 23.6 Å². The van der Waals surface area contributed by atoms with E-state index in [4.69, 9.17) is 4.74 Å². The molecule has 0 bridgehead atoms. The maximum absolute atomic E-state index is 12.6. The average Bonchev–Trinajstić information content (AvgIpc) is 2.74. The van der Waals surface area contributed by atoms with Crippen LogP contribution in [0, 0.1) is 6.92 Å². The van der Waals surface area contributed by atoms with Gasteiger partial charge in [-0.2, -0.15) is 0 Å². The van der Waals surface area contributed by atoms with E-state index in [9.17, 15) is 13.2 Å². The van der Waals surface area contributed by atoms with Crippen LogP contribution in [0.25, 0.3) is 0 Å². The van der Waals surface area contributed by atoms with Crippen LogP contribution in [0.5, 0.6) is 0 Å². The van der Waals surface area contributed by atoms with Gasteiger partial charge in [0, 0.05) is 26.1 Å². The summed E-state index contributed by atoms with van der Waals surface area (Å²) in [6, 6.07) is 16.1. The monoisotopic (exact) mass is 416 g/mol. The number of hydrogen-bond acceptors (Lipinski definition) is 5. The topological polar surface area (TPSA) is 75.7 Å². The summed E-state index contributed by atoms with van der Waals surface area (Å²) < 4.78 is 30.3. The van der Waals surface area contributed by atoms with Gasteiger partial charge in [-0.1, -0.05) is 48.0 Å². The summed E-state index contributed by atoms with van der Waals surface area (Å²) in [5.74, 6) is -0.468. The first-order chi connectivity index (χ1) is 13.9. The molecular weight excluding hydrogens is 388 g/mol. The molecule has 0 aromatic heterocycles. The van der Waals surface area contributed by atoms with Gasteiger partial charge in [0.15, 0.2) is 9.84 Å². The largest absolute Gasteiger partial charge is 0.379 e. The Bertz CT molecular complexity index is 892. The highest BCUT2D eigenvalue weighted by molar-refractivity contribution is 7.91. The molecule has 29 heavy (non-hydrogen) atoms. The number of carbonyl (C=O) groups excluding carboxylic acids is 1. The SMILES string of the molecule is Cc1ccc([C@H](CN2CCOCC2)NC(=O)CCS(=O)(=O)c2ccccc2)cc1. The van der Waals surface area contributed by atoms with Crippen molar-refractivity contribution in [3.05, 3.63) is 65.7 Å². The summed E-state index contributed by atoms with van der Waals surface area (Å²) >= 11 is 0. The van der Waals surface area contributed by atoms with Gasteiger partial charge in [0.05, 0.1) is 29.9 Å². The number of amides is 1. The van der Waals surface area contributed by atoms with Gasteiger partial charge in [-0.15, -0.1) is 0 Å². The fourth-order valence-electron chi connectivity index (χ4n) is 3.31. The van der Waals surface area contributed by atoms with Crippen molar-refractivity contribution < 1.29 is 17.9 Å². The van der Waals surface area contributed by atoms with Gasteiger partial charge in [0.1, 0.15) is 0 Å². The second-order valence-electron chi connectivity index (χ2n) is 7.33. The van der Waals surface area contributed by atoms with Crippen LogP contribution in [-0.4, -0.2) is 57.8 Å². The molecule has 0 unspecified atom stereocenters. The maximum atomic E-state index is 12.6. The van der Waals surface area contributed by atoms with Gasteiger partial charge in [-0.05, 0) is 24.6 Å². The highest BCUT2D eigenvalue weighted by Crippen LogP contribution is 2.17. The minimum Gasteiger partial charge on any atom is -0.379 e. The summed E-state index contributed by atoms with van der Waals surface area (Å²) in [7, 11) is -3.48. The van der Waals surface area contributed by atoms with Crippen molar-refractivity contribution in [3.8, 4) is 0 Å². The molecule has 156 valence electrons. The summed E-state index contributed by atoms with van der Waals surface area (Å²) in [6.45, 7) is 5.70. The van der Waals surface area contributed by atoms with Crippen LogP contribution in [0.4, 0.5) is 0 Å². The van der Waals surface area contributed by atoms with E-state index in [1.165, 1.54) is 0 Å². The molecule has 0 saturated carbocycles. The van der Waals surface area contributed by atoms with Crippen molar-refractivity contribution in [1.29, 1.82) is 0 Å². The molecule has 0 radical (unpaired) electrons. The maximum Gasteiger partial charge on any atom is 0.221 e. The molecule has 1 amide bonds. The minimum absolute atomic E-state index is 0.0668. The normalized spacial score (nSPS) is 16.3. The Kier molecular flexibility index (Phi) is 7.41. The summed E-state index contributed by atoms with van der Waals surface area (Å²) in [6.07, 6.45) is -0.0668. The fraction of sp³-hybridized carbons (Fsp3) is 0.409. The van der Waals surface area contributed by atoms with Gasteiger partial charge in [-0.25, -0.2) is 8.42 Å². The lowest BCUT2D eigenvalue weighted by molar-refractivity contribution is -0.121. The summed E-state index contributed by atoms with van der Waals surface area (Å²) in [5.41, 5.74) is 2.17. The number of hydrogen-bond donors (Lipinski definition) is 1. The molecule has 0 aliphatic carbocycles. The predicted molar refractivity (Wildman–Crippen MR) is 112 cm³/mol. The van der Waals surface area contributed by atoms with E-state index in [2.05, 4.69) is 10.2 Å². The van der Waals surface area contributed by atoms with Crippen LogP contribution in [0.3, 0.4) is 0 Å². The van der Waals surface area contributed by atoms with Crippen molar-refractivity contribution in [2.24, 2.45) is 0 Å². The Morgan fingerprint density at radius 3 is 2.38 bits per heavy atom. The average molecular weight is 417 g/mol. The summed E-state index contributed by atoms with van der Waals surface area (Å²) in [5, 5.41) is 3.04. The van der Waals surface area contributed by atoms with E-state index < -0.39 is 9.84 Å². The quantitative estimate of drug-likeness (QED) is 0.715. The summed E-state index contributed by atoms with van der Waals surface area (Å²) in [4.78, 5) is 15.1. The Morgan fingerprint density at radius 1 is 1.07 bits per heavy atom. The third-order valence-corrected chi connectivity index (χ3v) is 6.79. The van der Waals surface area contributed by atoms with E-state index in [1.807, 2.05) is 31.2 Å². The lowest BCUT2D eigenvalue weighted by Gasteiger charge is -2.31. The first-order valence-corrected chi connectivity index (χ1v) is 11.5. The zero-order valence-electron chi connectivity index (χ0n) is 16.7. The molecule has 1 N–H and O–H groups in total. The van der Waals surface area contributed by atoms with Crippen molar-refractivity contribution in [2.75, 3.05) is 38.6 Å². The van der Waals surface area contributed by atoms with Gasteiger partial charge in [0.25, 0.3) is 0 Å². The zero-order chi connectivity index (χ0) is 20.7. The molecule has 1 fully saturated rings. The van der Waals surface area contributed by atoms with Crippen molar-refractivity contribution in [3.63, 3.8) is 0 Å². The third kappa shape index (κ3) is 6.39. The molecular formula is C22H28N2O4S. The molecule has 7 heteroatoms. The highest BCUT2D eigenvalue weighted by Gasteiger charge is 2.22. The molecule has 1 aliphatic heterocycles. The molecule has 1 aliphatic rings. The van der Waals surface area contributed by atoms with Gasteiger partial charge in [-0.3, -0.25) is 9.69 Å². The third-order valence-electron chi connectivity index (χ3n) is 5.06. The predicted octanol–water partition coefficient (Wildman–Crippen LogP) is 2.35. The smallest absolute Gasteiger partial charge is 0.221 e. The van der Waals surface area contributed by atoms with Crippen molar-refractivity contribution in [1.82, 2.24) is 10.2 Å². The second kappa shape index (κ2) is 10.0. The number of rotatable bonds is 8. The van der Waals surface area contributed by atoms with E-state index in [0.29, 0.717) is 19.8 Å². The Hall–Kier alpha value is -2.22. The Balaban J connectivity index is 1.64. The fourth-order valence-corrected chi connectivity index (χ4v) is 4.58. The van der Waals surface area contributed by atoms with E-state index in [0.717, 1.165) is 24.2 Å². The molecule has 6 nitrogen and oxygen atoms in total. The minimum atomic E-state index is -3.48. The Labute approximate surface area is 172 Å². The van der Waals surface area contributed by atoms with E-state index >= 15 is 0 Å². The van der Waals surface area contributed by atoms with E-state index in [1.54, 1.807) is 30.3 Å². The number of nitrogens with zero attached hydrogens (tertiary/aromatic N) is 1. The first-order valence-electron chi connectivity index (χ1n) is 9.88. The molecule has 3 rings (SSSR count). The number of morpholine rings is 1. The second-order valence-corrected chi connectivity index (χ2v) is 9.43. The number of carbonyl (C=O) groups is 1. The van der Waals surface area contributed by atoms with Crippen LogP contribution in [0.2, 0.25) is 0 Å². The van der Waals surface area contributed by atoms with Crippen LogP contribution in [-0.2, 0) is 19.4 Å². The molecule has 1 saturated heterocycles. The Morgan fingerprint density at radius 2 is 1.72 bits per heavy atom. The lowest BCUT2D eigenvalue weighted by atomic mass is 10.0. The highest BCUT2D eigenvalue weighted by atomic mass is 32.2. The molecule has 2 aromatic rings. The van der Waals surface area contributed by atoms with E-state index in [-0.39, 0.29) is 29.0 Å². The first kappa shape index (κ1) is 21.5. The molecule has 1 atom stereocenters. The molecule has 0 spiro atoms. The van der Waals surface area contributed by atoms with Crippen molar-refractivity contribution >= 4 is 15.7 Å². The number of sulfone groups is 1. The van der Waals surface area contributed by atoms with Crippen molar-refractivity contribution in [2.45, 2.75) is 24.3 Å². The van der Waals surface area contributed by atoms with Gasteiger partial charge in [0.2, 0.25) is 5.91 Å². The van der Waals surface area contributed by atoms with Gasteiger partial charge < -0.3 is 10.1 Å². The number of nitrogens with one attached hydrogen (secondary N) is 1. The van der Waals surface area contributed by atoms with Crippen LogP contribution >= 0.6 is 0 Å². The lowest BCUT2D eigenvalue weighted by Crippen LogP contribution is -2.43. The number of aryl methyl sites for hydroxylation is 1. The van der Waals surface area contributed by atoms with Crippen LogP contribution in [0.15, 0.2) is 59.5 Å². The number of benzene rings is 2. The van der Waals surface area contributed by atoms with Gasteiger partial charge >= 0.3 is 0 Å². The standard InChI is InChI=1S/C22H28N2O4S/c1-18-7-9-19(10-8-18)21(17-24-12-14-28-15-13-24)23-22(25)11-16-29(26,27)20-5-3-2-4-6-20/h2-10,21H,11-17H2,1H3,(H,23,25)/t21-/m0/s1. The zero-order valence-corrected chi connectivity index (χ0v) is 17.5. The molecule has 1 heterocycles. The van der Waals surface area contributed by atoms with Crippen LogP contribution < -0.4 is 5.32 Å².